The van der Waals surface area contributed by atoms with Crippen LogP contribution in [0, 0.1) is 0 Å². The van der Waals surface area contributed by atoms with Crippen LogP contribution in [0.4, 0.5) is 0 Å². The Morgan fingerprint density at radius 2 is 1.85 bits per heavy atom. The monoisotopic (exact) mass is 355 g/mol. The van der Waals surface area contributed by atoms with Gasteiger partial charge in [-0.05, 0) is 44.2 Å². The number of benzene rings is 1. The smallest absolute Gasteiger partial charge is 0.354 e. The van der Waals surface area contributed by atoms with Crippen LogP contribution in [0.15, 0.2) is 41.1 Å². The van der Waals surface area contributed by atoms with Gasteiger partial charge in [-0.15, -0.1) is 0 Å². The van der Waals surface area contributed by atoms with E-state index in [-0.39, 0.29) is 17.4 Å². The number of pyridine rings is 1. The third kappa shape index (κ3) is 3.64. The fraction of sp³-hybridized carbons (Fsp3) is 0.222. The maximum Gasteiger partial charge on any atom is 0.354 e. The standard InChI is InChI=1S/C18H17N3O5/c1-3-24-14-6-5-12(10-15(14)25-4-2)17-20-16(21-26-17)11-7-8-19-13(9-11)18(22)23/h5-10H,3-4H2,1-2H3,(H,22,23). The zero-order valence-electron chi connectivity index (χ0n) is 14.3. The van der Waals surface area contributed by atoms with Gasteiger partial charge < -0.3 is 19.1 Å². The van der Waals surface area contributed by atoms with Crippen molar-refractivity contribution in [3.05, 3.63) is 42.2 Å². The molecule has 3 aromatic rings. The first-order chi connectivity index (χ1) is 12.6. The Balaban J connectivity index is 1.93. The molecule has 8 nitrogen and oxygen atoms in total. The minimum atomic E-state index is -1.12. The predicted molar refractivity (Wildman–Crippen MR) is 92.3 cm³/mol. The number of hydrogen-bond donors (Lipinski definition) is 1. The second-order valence-corrected chi connectivity index (χ2v) is 5.19. The van der Waals surface area contributed by atoms with E-state index in [1.807, 2.05) is 13.8 Å². The van der Waals surface area contributed by atoms with Gasteiger partial charge in [0, 0.05) is 17.3 Å². The number of aromatic nitrogens is 3. The van der Waals surface area contributed by atoms with Crippen LogP contribution in [0.2, 0.25) is 0 Å². The van der Waals surface area contributed by atoms with Crippen molar-refractivity contribution in [3.8, 4) is 34.3 Å². The lowest BCUT2D eigenvalue weighted by atomic mass is 10.2. The molecule has 2 heterocycles. The predicted octanol–water partition coefficient (Wildman–Crippen LogP) is 3.29. The number of aromatic carboxylic acids is 1. The summed E-state index contributed by atoms with van der Waals surface area (Å²) in [5, 5.41) is 13.0. The van der Waals surface area contributed by atoms with Gasteiger partial charge in [0.2, 0.25) is 5.82 Å². The van der Waals surface area contributed by atoms with E-state index in [1.165, 1.54) is 12.3 Å². The summed E-state index contributed by atoms with van der Waals surface area (Å²) in [6.45, 7) is 4.80. The van der Waals surface area contributed by atoms with Crippen molar-refractivity contribution in [2.45, 2.75) is 13.8 Å². The van der Waals surface area contributed by atoms with Crippen molar-refractivity contribution in [1.29, 1.82) is 0 Å². The van der Waals surface area contributed by atoms with Crippen LogP contribution < -0.4 is 9.47 Å². The van der Waals surface area contributed by atoms with E-state index in [1.54, 1.807) is 24.3 Å². The number of nitrogens with zero attached hydrogens (tertiary/aromatic N) is 3. The molecule has 0 atom stereocenters. The molecule has 26 heavy (non-hydrogen) atoms. The SMILES string of the molecule is CCOc1ccc(-c2nc(-c3ccnc(C(=O)O)c3)no2)cc1OCC. The van der Waals surface area contributed by atoms with E-state index in [9.17, 15) is 4.79 Å². The molecule has 0 unspecified atom stereocenters. The van der Waals surface area contributed by atoms with E-state index in [4.69, 9.17) is 19.1 Å². The molecule has 0 radical (unpaired) electrons. The van der Waals surface area contributed by atoms with Crippen LogP contribution in [-0.2, 0) is 0 Å². The summed E-state index contributed by atoms with van der Waals surface area (Å²) in [4.78, 5) is 19.1. The fourth-order valence-corrected chi connectivity index (χ4v) is 2.33. The molecule has 8 heteroatoms. The van der Waals surface area contributed by atoms with Crippen molar-refractivity contribution in [2.75, 3.05) is 13.2 Å². The molecule has 0 saturated heterocycles. The number of rotatable bonds is 7. The van der Waals surface area contributed by atoms with Gasteiger partial charge in [-0.1, -0.05) is 5.16 Å². The van der Waals surface area contributed by atoms with Gasteiger partial charge in [-0.25, -0.2) is 9.78 Å². The first kappa shape index (κ1) is 17.4. The van der Waals surface area contributed by atoms with E-state index in [2.05, 4.69) is 15.1 Å². The highest BCUT2D eigenvalue weighted by atomic mass is 16.5. The maximum atomic E-state index is 11.0. The van der Waals surface area contributed by atoms with Gasteiger partial charge in [0.1, 0.15) is 5.69 Å². The summed E-state index contributed by atoms with van der Waals surface area (Å²) >= 11 is 0. The van der Waals surface area contributed by atoms with Crippen LogP contribution in [0.25, 0.3) is 22.8 Å². The van der Waals surface area contributed by atoms with Crippen LogP contribution in [0.3, 0.4) is 0 Å². The molecule has 0 aliphatic rings. The molecular formula is C18H17N3O5. The Hall–Kier alpha value is -3.42. The minimum Gasteiger partial charge on any atom is -0.490 e. The van der Waals surface area contributed by atoms with E-state index >= 15 is 0 Å². The molecule has 0 aliphatic carbocycles. The van der Waals surface area contributed by atoms with Gasteiger partial charge >= 0.3 is 5.97 Å². The molecule has 0 bridgehead atoms. The molecule has 0 spiro atoms. The van der Waals surface area contributed by atoms with Gasteiger partial charge in [0.05, 0.1) is 13.2 Å². The molecule has 0 aliphatic heterocycles. The van der Waals surface area contributed by atoms with Gasteiger partial charge in [-0.3, -0.25) is 0 Å². The van der Waals surface area contributed by atoms with E-state index < -0.39 is 5.97 Å². The lowest BCUT2D eigenvalue weighted by molar-refractivity contribution is 0.0690. The van der Waals surface area contributed by atoms with Crippen LogP contribution in [0.1, 0.15) is 24.3 Å². The quantitative estimate of drug-likeness (QED) is 0.688. The summed E-state index contributed by atoms with van der Waals surface area (Å²) in [6, 6.07) is 8.34. The summed E-state index contributed by atoms with van der Waals surface area (Å²) in [5.41, 5.74) is 1.08. The molecule has 134 valence electrons. The molecule has 0 amide bonds. The second kappa shape index (κ2) is 7.64. The van der Waals surface area contributed by atoms with Crippen LogP contribution >= 0.6 is 0 Å². The highest BCUT2D eigenvalue weighted by molar-refractivity contribution is 5.86. The zero-order chi connectivity index (χ0) is 18.5. The Morgan fingerprint density at radius 3 is 2.58 bits per heavy atom. The summed E-state index contributed by atoms with van der Waals surface area (Å²) < 4.78 is 16.4. The van der Waals surface area contributed by atoms with Gasteiger partial charge in [0.25, 0.3) is 5.89 Å². The number of carbonyl (C=O) groups is 1. The number of carboxylic acids is 1. The van der Waals surface area contributed by atoms with Crippen molar-refractivity contribution < 1.29 is 23.9 Å². The number of hydrogen-bond acceptors (Lipinski definition) is 7. The normalized spacial score (nSPS) is 10.5. The summed E-state index contributed by atoms with van der Waals surface area (Å²) in [7, 11) is 0. The number of carboxylic acid groups (broad SMARTS) is 1. The topological polar surface area (TPSA) is 108 Å². The average Bonchev–Trinajstić information content (AvgIpc) is 3.14. The molecule has 3 rings (SSSR count). The third-order valence-electron chi connectivity index (χ3n) is 3.45. The molecule has 2 aromatic heterocycles. The molecule has 0 fully saturated rings. The van der Waals surface area contributed by atoms with Crippen molar-refractivity contribution >= 4 is 5.97 Å². The lowest BCUT2D eigenvalue weighted by Crippen LogP contribution is -1.99. The van der Waals surface area contributed by atoms with Crippen LogP contribution in [0.5, 0.6) is 11.5 Å². The van der Waals surface area contributed by atoms with Crippen LogP contribution in [-0.4, -0.2) is 39.4 Å². The largest absolute Gasteiger partial charge is 0.490 e. The molecule has 1 aromatic carbocycles. The molecule has 0 saturated carbocycles. The van der Waals surface area contributed by atoms with E-state index in [0.29, 0.717) is 35.8 Å². The maximum absolute atomic E-state index is 11.0. The Kier molecular flexibility index (Phi) is 5.12. The first-order valence-electron chi connectivity index (χ1n) is 8.05. The van der Waals surface area contributed by atoms with Crippen molar-refractivity contribution in [3.63, 3.8) is 0 Å². The first-order valence-corrected chi connectivity index (χ1v) is 8.05. The molecular weight excluding hydrogens is 338 g/mol. The second-order valence-electron chi connectivity index (χ2n) is 5.19. The van der Waals surface area contributed by atoms with Gasteiger partial charge in [-0.2, -0.15) is 4.98 Å². The van der Waals surface area contributed by atoms with E-state index in [0.717, 1.165) is 0 Å². The Morgan fingerprint density at radius 1 is 1.08 bits per heavy atom. The Bertz CT molecular complexity index is 923. The minimum absolute atomic E-state index is 0.0893. The third-order valence-corrected chi connectivity index (χ3v) is 3.45. The Labute approximate surface area is 149 Å². The summed E-state index contributed by atoms with van der Waals surface area (Å²) in [6.07, 6.45) is 1.39. The highest BCUT2D eigenvalue weighted by Gasteiger charge is 2.15. The van der Waals surface area contributed by atoms with Crippen molar-refractivity contribution in [2.24, 2.45) is 0 Å². The summed E-state index contributed by atoms with van der Waals surface area (Å²) in [5.74, 6) is 0.666. The van der Waals surface area contributed by atoms with Crippen molar-refractivity contribution in [1.82, 2.24) is 15.1 Å². The van der Waals surface area contributed by atoms with Gasteiger partial charge in [0.15, 0.2) is 11.5 Å². The average molecular weight is 355 g/mol. The number of ether oxygens (including phenoxy) is 2. The molecule has 1 N–H and O–H groups in total. The zero-order valence-corrected chi connectivity index (χ0v) is 14.3. The lowest BCUT2D eigenvalue weighted by Gasteiger charge is -2.11. The fourth-order valence-electron chi connectivity index (χ4n) is 2.33. The highest BCUT2D eigenvalue weighted by Crippen LogP contribution is 2.33.